The molecule has 2 nitrogen and oxygen atoms in total. The third-order valence-electron chi connectivity index (χ3n) is 4.54. The molecule has 1 saturated carbocycles. The lowest BCUT2D eigenvalue weighted by atomic mass is 9.76. The second kappa shape index (κ2) is 3.61. The minimum Gasteiger partial charge on any atom is -0.458 e. The van der Waals surface area contributed by atoms with Gasteiger partial charge in [-0.1, -0.05) is 25.5 Å². The van der Waals surface area contributed by atoms with Crippen LogP contribution >= 0.6 is 0 Å². The Bertz CT molecular complexity index is 594. The van der Waals surface area contributed by atoms with Crippen LogP contribution < -0.4 is 0 Å². The number of rotatable bonds is 1. The van der Waals surface area contributed by atoms with E-state index in [0.717, 1.165) is 36.0 Å². The first-order valence-corrected chi connectivity index (χ1v) is 6.65. The zero-order chi connectivity index (χ0) is 13.0. The molecule has 18 heavy (non-hydrogen) atoms. The number of benzene rings is 1. The summed E-state index contributed by atoms with van der Waals surface area (Å²) in [5, 5.41) is 12.1. The lowest BCUT2D eigenvalue weighted by Gasteiger charge is -2.34. The summed E-state index contributed by atoms with van der Waals surface area (Å²) < 4.78 is 5.90. The molecule has 0 amide bonds. The molecule has 2 heteroatoms. The highest BCUT2D eigenvalue weighted by Crippen LogP contribution is 2.52. The van der Waals surface area contributed by atoms with Crippen molar-refractivity contribution in [1.29, 1.82) is 0 Å². The number of hydrogen-bond donors (Lipinski definition) is 1. The molecule has 1 aliphatic carbocycles. The normalized spacial score (nSPS) is 26.9. The zero-order valence-corrected chi connectivity index (χ0v) is 11.3. The van der Waals surface area contributed by atoms with E-state index in [4.69, 9.17) is 4.42 Å². The quantitative estimate of drug-likeness (QED) is 0.818. The van der Waals surface area contributed by atoms with Gasteiger partial charge in [0.25, 0.3) is 0 Å². The molecule has 96 valence electrons. The average molecular weight is 244 g/mol. The molecule has 0 saturated heterocycles. The standard InChI is InChI=1S/C16H20O2/c1-11-5-6-13-12(9-11)10-14(18-13)16(17)8-4-7-15(16,2)3/h5-6,9-10,17H,4,7-8H2,1-3H3. The lowest BCUT2D eigenvalue weighted by molar-refractivity contribution is -0.0643. The van der Waals surface area contributed by atoms with Crippen LogP contribution in [0.3, 0.4) is 0 Å². The fourth-order valence-corrected chi connectivity index (χ4v) is 3.15. The fourth-order valence-electron chi connectivity index (χ4n) is 3.15. The van der Waals surface area contributed by atoms with Gasteiger partial charge in [-0.25, -0.2) is 0 Å². The van der Waals surface area contributed by atoms with Crippen LogP contribution in [0.25, 0.3) is 11.0 Å². The van der Waals surface area contributed by atoms with Crippen LogP contribution in [0.15, 0.2) is 28.7 Å². The van der Waals surface area contributed by atoms with Gasteiger partial charge in [0.1, 0.15) is 16.9 Å². The van der Waals surface area contributed by atoms with Gasteiger partial charge in [-0.05, 0) is 44.4 Å². The van der Waals surface area contributed by atoms with Crippen molar-refractivity contribution in [3.05, 3.63) is 35.6 Å². The van der Waals surface area contributed by atoms with Gasteiger partial charge in [0, 0.05) is 10.8 Å². The van der Waals surface area contributed by atoms with Crippen LogP contribution in [0.1, 0.15) is 44.4 Å². The van der Waals surface area contributed by atoms with Crippen LogP contribution in [0.2, 0.25) is 0 Å². The number of fused-ring (bicyclic) bond motifs is 1. The van der Waals surface area contributed by atoms with Crippen molar-refractivity contribution < 1.29 is 9.52 Å². The molecule has 1 aliphatic rings. The molecular formula is C16H20O2. The van der Waals surface area contributed by atoms with Crippen molar-refractivity contribution in [1.82, 2.24) is 0 Å². The van der Waals surface area contributed by atoms with Gasteiger partial charge >= 0.3 is 0 Å². The van der Waals surface area contributed by atoms with E-state index >= 15 is 0 Å². The molecule has 1 atom stereocenters. The third-order valence-corrected chi connectivity index (χ3v) is 4.54. The summed E-state index contributed by atoms with van der Waals surface area (Å²) in [6.07, 6.45) is 2.89. The smallest absolute Gasteiger partial charge is 0.137 e. The largest absolute Gasteiger partial charge is 0.458 e. The summed E-state index contributed by atoms with van der Waals surface area (Å²) >= 11 is 0. The molecular weight excluding hydrogens is 224 g/mol. The monoisotopic (exact) mass is 244 g/mol. The van der Waals surface area contributed by atoms with Crippen molar-refractivity contribution in [2.45, 2.75) is 45.6 Å². The second-order valence-corrected chi connectivity index (χ2v) is 6.25. The third kappa shape index (κ3) is 1.52. The Hall–Kier alpha value is -1.28. The van der Waals surface area contributed by atoms with Crippen molar-refractivity contribution in [3.63, 3.8) is 0 Å². The van der Waals surface area contributed by atoms with E-state index in [1.54, 1.807) is 0 Å². The highest BCUT2D eigenvalue weighted by molar-refractivity contribution is 5.79. The fraction of sp³-hybridized carbons (Fsp3) is 0.500. The van der Waals surface area contributed by atoms with Crippen LogP contribution in [-0.2, 0) is 5.60 Å². The van der Waals surface area contributed by atoms with Gasteiger partial charge in [0.05, 0.1) is 0 Å². The van der Waals surface area contributed by atoms with Crippen molar-refractivity contribution >= 4 is 11.0 Å². The van der Waals surface area contributed by atoms with Crippen LogP contribution in [-0.4, -0.2) is 5.11 Å². The molecule has 0 spiro atoms. The zero-order valence-electron chi connectivity index (χ0n) is 11.3. The molecule has 0 radical (unpaired) electrons. The Morgan fingerprint density at radius 2 is 1.94 bits per heavy atom. The predicted molar refractivity (Wildman–Crippen MR) is 72.5 cm³/mol. The summed E-state index contributed by atoms with van der Waals surface area (Å²) in [7, 11) is 0. The van der Waals surface area contributed by atoms with Crippen LogP contribution in [0, 0.1) is 12.3 Å². The first kappa shape index (κ1) is 11.8. The van der Waals surface area contributed by atoms with E-state index in [0.29, 0.717) is 0 Å². The maximum Gasteiger partial charge on any atom is 0.137 e. The number of aryl methyl sites for hydroxylation is 1. The predicted octanol–water partition coefficient (Wildman–Crippen LogP) is 4.14. The highest BCUT2D eigenvalue weighted by atomic mass is 16.4. The van der Waals surface area contributed by atoms with Gasteiger partial charge in [-0.3, -0.25) is 0 Å². The van der Waals surface area contributed by atoms with Gasteiger partial charge < -0.3 is 9.52 Å². The first-order valence-electron chi connectivity index (χ1n) is 6.65. The van der Waals surface area contributed by atoms with E-state index in [9.17, 15) is 5.11 Å². The topological polar surface area (TPSA) is 33.4 Å². The van der Waals surface area contributed by atoms with E-state index in [1.807, 2.05) is 18.2 Å². The first-order chi connectivity index (χ1) is 8.42. The molecule has 0 aliphatic heterocycles. The Kier molecular flexibility index (Phi) is 2.36. The molecule has 1 aromatic carbocycles. The van der Waals surface area contributed by atoms with E-state index in [-0.39, 0.29) is 5.41 Å². The van der Waals surface area contributed by atoms with Crippen LogP contribution in [0.5, 0.6) is 0 Å². The van der Waals surface area contributed by atoms with Crippen molar-refractivity contribution in [3.8, 4) is 0 Å². The molecule has 2 aromatic rings. The summed E-state index contributed by atoms with van der Waals surface area (Å²) in [5.41, 5.74) is 1.15. The summed E-state index contributed by atoms with van der Waals surface area (Å²) in [5.74, 6) is 0.727. The average Bonchev–Trinajstić information content (AvgIpc) is 2.81. The highest BCUT2D eigenvalue weighted by Gasteiger charge is 2.50. The SMILES string of the molecule is Cc1ccc2oc(C3(O)CCCC3(C)C)cc2c1. The number of furan rings is 1. The molecule has 1 aromatic heterocycles. The Morgan fingerprint density at radius 3 is 2.61 bits per heavy atom. The van der Waals surface area contributed by atoms with Gasteiger partial charge in [0.15, 0.2) is 0 Å². The molecule has 3 rings (SSSR count). The lowest BCUT2D eigenvalue weighted by Crippen LogP contribution is -2.36. The Labute approximate surface area is 108 Å². The van der Waals surface area contributed by atoms with Crippen molar-refractivity contribution in [2.75, 3.05) is 0 Å². The molecule has 1 unspecified atom stereocenters. The van der Waals surface area contributed by atoms with E-state index < -0.39 is 5.60 Å². The van der Waals surface area contributed by atoms with Crippen LogP contribution in [0.4, 0.5) is 0 Å². The molecule has 0 bridgehead atoms. The summed E-state index contributed by atoms with van der Waals surface area (Å²) in [6, 6.07) is 8.14. The Morgan fingerprint density at radius 1 is 1.17 bits per heavy atom. The van der Waals surface area contributed by atoms with Gasteiger partial charge in [0.2, 0.25) is 0 Å². The Balaban J connectivity index is 2.15. The molecule has 1 heterocycles. The summed E-state index contributed by atoms with van der Waals surface area (Å²) in [6.45, 7) is 6.32. The van der Waals surface area contributed by atoms with Gasteiger partial charge in [-0.15, -0.1) is 0 Å². The maximum atomic E-state index is 11.0. The maximum absolute atomic E-state index is 11.0. The van der Waals surface area contributed by atoms with Crippen molar-refractivity contribution in [2.24, 2.45) is 5.41 Å². The van der Waals surface area contributed by atoms with Gasteiger partial charge in [-0.2, -0.15) is 0 Å². The second-order valence-electron chi connectivity index (χ2n) is 6.25. The molecule has 1 N–H and O–H groups in total. The number of aliphatic hydroxyl groups is 1. The number of hydrogen-bond acceptors (Lipinski definition) is 2. The van der Waals surface area contributed by atoms with E-state index in [1.165, 1.54) is 5.56 Å². The minimum atomic E-state index is -0.820. The summed E-state index contributed by atoms with van der Waals surface area (Å²) in [4.78, 5) is 0. The minimum absolute atomic E-state index is 0.115. The molecule has 1 fully saturated rings. The van der Waals surface area contributed by atoms with E-state index in [2.05, 4.69) is 26.8 Å².